The van der Waals surface area contributed by atoms with Gasteiger partial charge in [0.05, 0.1) is 23.0 Å². The first-order valence-corrected chi connectivity index (χ1v) is 10.9. The summed E-state index contributed by atoms with van der Waals surface area (Å²) in [5.74, 6) is 0.404. The Morgan fingerprint density at radius 3 is 2.41 bits per heavy atom. The molecule has 32 heavy (non-hydrogen) atoms. The van der Waals surface area contributed by atoms with Crippen molar-refractivity contribution < 1.29 is 19.1 Å². The molecule has 1 aromatic heterocycles. The summed E-state index contributed by atoms with van der Waals surface area (Å²) in [7, 11) is 0. The van der Waals surface area contributed by atoms with Crippen molar-refractivity contribution in [1.82, 2.24) is 25.1 Å². The van der Waals surface area contributed by atoms with Gasteiger partial charge in [-0.2, -0.15) is 0 Å². The molecular weight excluding hydrogens is 413 g/mol. The van der Waals surface area contributed by atoms with Crippen LogP contribution in [0.25, 0.3) is 0 Å². The van der Waals surface area contributed by atoms with Gasteiger partial charge in [0.1, 0.15) is 12.1 Å². The van der Waals surface area contributed by atoms with Crippen LogP contribution in [0.15, 0.2) is 30.6 Å². The number of amides is 2. The molecule has 2 amide bonds. The fourth-order valence-corrected chi connectivity index (χ4v) is 5.01. The van der Waals surface area contributed by atoms with Crippen molar-refractivity contribution >= 4 is 12.0 Å². The summed E-state index contributed by atoms with van der Waals surface area (Å²) in [6, 6.07) is 5.59. The number of nitrogens with zero attached hydrogens (tertiary/aromatic N) is 4. The molecule has 0 spiro atoms. The van der Waals surface area contributed by atoms with Gasteiger partial charge in [0.15, 0.2) is 0 Å². The van der Waals surface area contributed by atoms with E-state index in [4.69, 9.17) is 0 Å². The Balaban J connectivity index is 1.34. The smallest absolute Gasteiger partial charge is 0.405 e. The van der Waals surface area contributed by atoms with Crippen molar-refractivity contribution in [2.75, 3.05) is 32.7 Å². The van der Waals surface area contributed by atoms with Crippen LogP contribution in [-0.2, 0) is 0 Å². The second-order valence-corrected chi connectivity index (χ2v) is 8.76. The van der Waals surface area contributed by atoms with Crippen molar-refractivity contribution in [3.8, 4) is 0 Å². The number of benzene rings is 1. The molecule has 2 aliphatic heterocycles. The molecule has 4 rings (SSSR count). The van der Waals surface area contributed by atoms with Gasteiger partial charge in [-0.15, -0.1) is 0 Å². The molecule has 0 radical (unpaired) electrons. The maximum absolute atomic E-state index is 13.6. The number of hydrogen-bond acceptors (Lipinski definition) is 5. The van der Waals surface area contributed by atoms with Crippen LogP contribution in [0, 0.1) is 31.5 Å². The topological polar surface area (TPSA) is 98.7 Å². The van der Waals surface area contributed by atoms with Crippen LogP contribution in [0.5, 0.6) is 0 Å². The van der Waals surface area contributed by atoms with Crippen LogP contribution in [0.3, 0.4) is 0 Å². The van der Waals surface area contributed by atoms with Gasteiger partial charge in [-0.3, -0.25) is 4.79 Å². The standard InChI is InChI=1S/C23H28FN5O3/c1-14-21(15(2)26-13-25-14)22(30)29-11-17-9-28(10-18(17)12-29)7-6-20(27-23(31)32)16-4-3-5-19(24)8-16/h3-5,8,13,17-18,20,27H,6-7,9-12H2,1-2H3,(H,31,32)/t17-,18?,20?/m0/s1. The number of rotatable bonds is 6. The molecule has 0 bridgehead atoms. The van der Waals surface area contributed by atoms with Gasteiger partial charge in [-0.25, -0.2) is 19.2 Å². The molecule has 0 saturated carbocycles. The average molecular weight is 442 g/mol. The summed E-state index contributed by atoms with van der Waals surface area (Å²) in [5, 5.41) is 11.7. The molecule has 8 nitrogen and oxygen atoms in total. The highest BCUT2D eigenvalue weighted by molar-refractivity contribution is 5.96. The normalized spacial score (nSPS) is 21.4. The number of carboxylic acid groups (broad SMARTS) is 1. The van der Waals surface area contributed by atoms with E-state index < -0.39 is 12.1 Å². The highest BCUT2D eigenvalue weighted by atomic mass is 19.1. The van der Waals surface area contributed by atoms with Crippen LogP contribution < -0.4 is 5.32 Å². The number of carbonyl (C=O) groups excluding carboxylic acids is 1. The highest BCUT2D eigenvalue weighted by Gasteiger charge is 2.42. The van der Waals surface area contributed by atoms with E-state index >= 15 is 0 Å². The molecule has 2 fully saturated rings. The van der Waals surface area contributed by atoms with E-state index in [-0.39, 0.29) is 11.7 Å². The van der Waals surface area contributed by atoms with Crippen molar-refractivity contribution in [3.05, 3.63) is 58.9 Å². The third kappa shape index (κ3) is 4.72. The molecule has 170 valence electrons. The van der Waals surface area contributed by atoms with Crippen molar-refractivity contribution in [3.63, 3.8) is 0 Å². The minimum atomic E-state index is -1.12. The number of hydrogen-bond donors (Lipinski definition) is 2. The van der Waals surface area contributed by atoms with E-state index in [9.17, 15) is 19.1 Å². The second kappa shape index (κ2) is 9.20. The molecule has 2 unspecified atom stereocenters. The number of likely N-dealkylation sites (tertiary alicyclic amines) is 2. The van der Waals surface area contributed by atoms with Gasteiger partial charge < -0.3 is 20.2 Å². The number of aromatic nitrogens is 2. The maximum Gasteiger partial charge on any atom is 0.405 e. The molecule has 2 aliphatic rings. The number of fused-ring (bicyclic) bond motifs is 1. The molecule has 2 N–H and O–H groups in total. The van der Waals surface area contributed by atoms with Crippen molar-refractivity contribution in [2.45, 2.75) is 26.3 Å². The van der Waals surface area contributed by atoms with Crippen LogP contribution >= 0.6 is 0 Å². The molecule has 2 aromatic rings. The quantitative estimate of drug-likeness (QED) is 0.715. The molecule has 3 atom stereocenters. The summed E-state index contributed by atoms with van der Waals surface area (Å²) in [6.45, 7) is 7.50. The summed E-state index contributed by atoms with van der Waals surface area (Å²) in [4.78, 5) is 36.8. The fraction of sp³-hybridized carbons (Fsp3) is 0.478. The van der Waals surface area contributed by atoms with Gasteiger partial charge in [0, 0.05) is 32.7 Å². The highest BCUT2D eigenvalue weighted by Crippen LogP contribution is 2.33. The maximum atomic E-state index is 13.6. The predicted octanol–water partition coefficient (Wildman–Crippen LogP) is 2.64. The monoisotopic (exact) mass is 441 g/mol. The zero-order chi connectivity index (χ0) is 22.8. The third-order valence-electron chi connectivity index (χ3n) is 6.57. The van der Waals surface area contributed by atoms with Gasteiger partial charge in [0.25, 0.3) is 5.91 Å². The third-order valence-corrected chi connectivity index (χ3v) is 6.57. The first-order valence-electron chi connectivity index (χ1n) is 10.9. The van der Waals surface area contributed by atoms with Crippen LogP contribution in [0.2, 0.25) is 0 Å². The number of carbonyl (C=O) groups is 2. The summed E-state index contributed by atoms with van der Waals surface area (Å²) >= 11 is 0. The summed E-state index contributed by atoms with van der Waals surface area (Å²) in [6.07, 6.45) is 0.911. The first-order chi connectivity index (χ1) is 15.3. The lowest BCUT2D eigenvalue weighted by Gasteiger charge is -2.24. The van der Waals surface area contributed by atoms with Gasteiger partial charge in [-0.05, 0) is 49.8 Å². The molecular formula is C23H28FN5O3. The summed E-state index contributed by atoms with van der Waals surface area (Å²) in [5.41, 5.74) is 2.63. The SMILES string of the molecule is Cc1ncnc(C)c1C(=O)N1CC2CN(CCC(NC(=O)O)c3cccc(F)c3)C[C@H]2C1. The number of aryl methyl sites for hydroxylation is 2. The lowest BCUT2D eigenvalue weighted by atomic mass is 10.0. The van der Waals surface area contributed by atoms with Crippen LogP contribution in [-0.4, -0.2) is 69.6 Å². The van der Waals surface area contributed by atoms with Crippen LogP contribution in [0.1, 0.15) is 39.8 Å². The Morgan fingerprint density at radius 1 is 1.16 bits per heavy atom. The molecule has 0 aliphatic carbocycles. The molecule has 2 saturated heterocycles. The van der Waals surface area contributed by atoms with Crippen LogP contribution in [0.4, 0.5) is 9.18 Å². The average Bonchev–Trinajstić information content (AvgIpc) is 3.29. The predicted molar refractivity (Wildman–Crippen MR) is 116 cm³/mol. The number of halogens is 1. The Morgan fingerprint density at radius 2 is 1.81 bits per heavy atom. The van der Waals surface area contributed by atoms with E-state index in [2.05, 4.69) is 20.2 Å². The van der Waals surface area contributed by atoms with Gasteiger partial charge in [0.2, 0.25) is 0 Å². The Kier molecular flexibility index (Phi) is 6.36. The zero-order valence-corrected chi connectivity index (χ0v) is 18.3. The zero-order valence-electron chi connectivity index (χ0n) is 18.3. The molecule has 9 heteroatoms. The minimum absolute atomic E-state index is 0.00150. The Bertz CT molecular complexity index is 983. The minimum Gasteiger partial charge on any atom is -0.465 e. The largest absolute Gasteiger partial charge is 0.465 e. The van der Waals surface area contributed by atoms with Gasteiger partial charge in [-0.1, -0.05) is 12.1 Å². The Hall–Kier alpha value is -3.07. The molecule has 1 aromatic carbocycles. The van der Waals surface area contributed by atoms with E-state index in [0.29, 0.717) is 60.4 Å². The fourth-order valence-electron chi connectivity index (χ4n) is 5.01. The van der Waals surface area contributed by atoms with Crippen molar-refractivity contribution in [1.29, 1.82) is 0 Å². The van der Waals surface area contributed by atoms with E-state index in [0.717, 1.165) is 13.1 Å². The molecule has 3 heterocycles. The lowest BCUT2D eigenvalue weighted by Crippen LogP contribution is -2.35. The van der Waals surface area contributed by atoms with E-state index in [1.54, 1.807) is 12.1 Å². The second-order valence-electron chi connectivity index (χ2n) is 8.76. The number of nitrogens with one attached hydrogen (secondary N) is 1. The van der Waals surface area contributed by atoms with E-state index in [1.807, 2.05) is 18.7 Å². The van der Waals surface area contributed by atoms with E-state index in [1.165, 1.54) is 18.5 Å². The van der Waals surface area contributed by atoms with Crippen molar-refractivity contribution in [2.24, 2.45) is 11.8 Å². The summed E-state index contributed by atoms with van der Waals surface area (Å²) < 4.78 is 13.6. The van der Waals surface area contributed by atoms with Gasteiger partial charge >= 0.3 is 6.09 Å². The Labute approximate surface area is 186 Å². The lowest BCUT2D eigenvalue weighted by molar-refractivity contribution is 0.0771. The first kappa shape index (κ1) is 22.1.